The smallest absolute Gasteiger partial charge is 0.272 e. The Hall–Kier alpha value is -2.33. The summed E-state index contributed by atoms with van der Waals surface area (Å²) in [5.41, 5.74) is 0.381. The molecule has 0 saturated carbocycles. The second kappa shape index (κ2) is 8.13. The average Bonchev–Trinajstić information content (AvgIpc) is 3.05. The molecule has 144 valence electrons. The van der Waals surface area contributed by atoms with Crippen molar-refractivity contribution in [1.82, 2.24) is 9.97 Å². The molecule has 2 heterocycles. The van der Waals surface area contributed by atoms with E-state index < -0.39 is 30.5 Å². The number of hydrogen-bond donors (Lipinski definition) is 2. The largest absolute Gasteiger partial charge is 0.479 e. The number of H-pyrrole nitrogens is 1. The van der Waals surface area contributed by atoms with E-state index in [-0.39, 0.29) is 22.1 Å². The molecule has 2 aromatic heterocycles. The summed E-state index contributed by atoms with van der Waals surface area (Å²) in [5, 5.41) is 0.555. The third-order valence-corrected chi connectivity index (χ3v) is 4.60. The van der Waals surface area contributed by atoms with E-state index in [1.165, 1.54) is 13.2 Å². The summed E-state index contributed by atoms with van der Waals surface area (Å²) < 4.78 is 64.9. The summed E-state index contributed by atoms with van der Waals surface area (Å²) in [6.45, 7) is -0.988. The second-order valence-electron chi connectivity index (χ2n) is 5.18. The Morgan fingerprint density at radius 2 is 2.07 bits per heavy atom. The van der Waals surface area contributed by atoms with E-state index in [2.05, 4.69) is 19.4 Å². The van der Waals surface area contributed by atoms with Crippen molar-refractivity contribution in [1.29, 1.82) is 0 Å². The molecule has 3 aromatic rings. The Kier molecular flexibility index (Phi) is 5.85. The summed E-state index contributed by atoms with van der Waals surface area (Å²) >= 11 is 6.79. The molecule has 0 aliphatic heterocycles. The molecule has 2 N–H and O–H groups in total. The Morgan fingerprint density at radius 3 is 2.78 bits per heavy atom. The van der Waals surface area contributed by atoms with Crippen LogP contribution in [-0.4, -0.2) is 30.1 Å². The Bertz CT molecular complexity index is 970. The van der Waals surface area contributed by atoms with E-state index in [0.717, 1.165) is 18.0 Å². The van der Waals surface area contributed by atoms with E-state index in [1.807, 2.05) is 0 Å². The molecule has 0 radical (unpaired) electrons. The lowest BCUT2D eigenvalue weighted by Gasteiger charge is -2.12. The van der Waals surface area contributed by atoms with Crippen LogP contribution in [0.25, 0.3) is 10.9 Å². The third kappa shape index (κ3) is 4.16. The van der Waals surface area contributed by atoms with Crippen LogP contribution < -0.4 is 14.2 Å². The van der Waals surface area contributed by atoms with Crippen molar-refractivity contribution in [2.45, 2.75) is 11.3 Å². The molecule has 0 bridgehead atoms. The van der Waals surface area contributed by atoms with Crippen molar-refractivity contribution in [2.75, 3.05) is 18.4 Å². The number of hydrogen-bond acceptors (Lipinski definition) is 5. The predicted octanol–water partition coefficient (Wildman–Crippen LogP) is 5.27. The van der Waals surface area contributed by atoms with Gasteiger partial charge < -0.3 is 19.2 Å². The summed E-state index contributed by atoms with van der Waals surface area (Å²) in [4.78, 5) is 7.13. The van der Waals surface area contributed by atoms with Gasteiger partial charge in [-0.1, -0.05) is 11.6 Å². The number of alkyl halides is 2. The number of halogens is 5. The van der Waals surface area contributed by atoms with Crippen molar-refractivity contribution >= 4 is 40.1 Å². The predicted molar refractivity (Wildman–Crippen MR) is 95.0 cm³/mol. The maximum absolute atomic E-state index is 14.0. The van der Waals surface area contributed by atoms with E-state index >= 15 is 0 Å². The first-order valence-electron chi connectivity index (χ1n) is 7.44. The van der Waals surface area contributed by atoms with Gasteiger partial charge in [0.05, 0.1) is 22.5 Å². The van der Waals surface area contributed by atoms with Crippen LogP contribution >= 0.6 is 23.5 Å². The van der Waals surface area contributed by atoms with Gasteiger partial charge in [0.25, 0.3) is 12.3 Å². The lowest BCUT2D eigenvalue weighted by molar-refractivity contribution is 0.0770. The molecule has 0 atom stereocenters. The van der Waals surface area contributed by atoms with Gasteiger partial charge in [-0.05, 0) is 24.1 Å². The van der Waals surface area contributed by atoms with Crippen molar-refractivity contribution < 1.29 is 27.0 Å². The minimum absolute atomic E-state index is 0.0128. The standard InChI is InChI=1S/C16H12ClF4N3O2S/c1-25-16-10(4-9(18)15(23-16)26-6-12(19)20)24-27-11-5-22-14-7(11)2-3-8(17)13(14)21/h2-5,12,22,24H,6H2,1H3. The van der Waals surface area contributed by atoms with Gasteiger partial charge in [0.1, 0.15) is 5.69 Å². The van der Waals surface area contributed by atoms with Gasteiger partial charge in [-0.15, -0.1) is 0 Å². The van der Waals surface area contributed by atoms with Crippen LogP contribution in [0.1, 0.15) is 0 Å². The zero-order valence-electron chi connectivity index (χ0n) is 13.7. The molecule has 1 aromatic carbocycles. The van der Waals surface area contributed by atoms with Gasteiger partial charge in [-0.2, -0.15) is 4.98 Å². The van der Waals surface area contributed by atoms with E-state index in [0.29, 0.717) is 10.3 Å². The second-order valence-corrected chi connectivity index (χ2v) is 6.43. The van der Waals surface area contributed by atoms with Gasteiger partial charge >= 0.3 is 0 Å². The van der Waals surface area contributed by atoms with Crippen LogP contribution in [0.3, 0.4) is 0 Å². The number of ether oxygens (including phenoxy) is 2. The first-order chi connectivity index (χ1) is 12.9. The minimum atomic E-state index is -2.76. The van der Waals surface area contributed by atoms with Crippen LogP contribution in [0.15, 0.2) is 29.3 Å². The summed E-state index contributed by atoms with van der Waals surface area (Å²) in [7, 11) is 1.29. The lowest BCUT2D eigenvalue weighted by Crippen LogP contribution is -2.10. The molecule has 27 heavy (non-hydrogen) atoms. The van der Waals surface area contributed by atoms with Crippen molar-refractivity contribution in [3.63, 3.8) is 0 Å². The number of fused-ring (bicyclic) bond motifs is 1. The maximum atomic E-state index is 14.0. The van der Waals surface area contributed by atoms with E-state index in [4.69, 9.17) is 16.3 Å². The van der Waals surface area contributed by atoms with Gasteiger partial charge in [-0.3, -0.25) is 0 Å². The fraction of sp³-hybridized carbons (Fsp3) is 0.188. The first kappa shape index (κ1) is 19.4. The fourth-order valence-corrected chi connectivity index (χ4v) is 3.16. The topological polar surface area (TPSA) is 59.2 Å². The molecule has 0 aliphatic carbocycles. The maximum Gasteiger partial charge on any atom is 0.272 e. The van der Waals surface area contributed by atoms with Gasteiger partial charge in [0, 0.05) is 17.6 Å². The van der Waals surface area contributed by atoms with Gasteiger partial charge in [0.15, 0.2) is 18.2 Å². The lowest BCUT2D eigenvalue weighted by atomic mass is 10.2. The number of benzene rings is 1. The van der Waals surface area contributed by atoms with Gasteiger partial charge in [-0.25, -0.2) is 17.6 Å². The molecule has 0 fully saturated rings. The van der Waals surface area contributed by atoms with E-state index in [1.54, 1.807) is 12.3 Å². The highest BCUT2D eigenvalue weighted by atomic mass is 35.5. The van der Waals surface area contributed by atoms with E-state index in [9.17, 15) is 17.6 Å². The Morgan fingerprint density at radius 1 is 1.30 bits per heavy atom. The molecular formula is C16H12ClF4N3O2S. The fourth-order valence-electron chi connectivity index (χ4n) is 2.23. The first-order valence-corrected chi connectivity index (χ1v) is 8.63. The van der Waals surface area contributed by atoms with Crippen LogP contribution in [0, 0.1) is 11.6 Å². The van der Waals surface area contributed by atoms with Crippen LogP contribution in [-0.2, 0) is 0 Å². The molecule has 0 unspecified atom stereocenters. The summed E-state index contributed by atoms with van der Waals surface area (Å²) in [5.74, 6) is -2.16. The number of nitrogens with zero attached hydrogens (tertiary/aromatic N) is 1. The highest BCUT2D eigenvalue weighted by Gasteiger charge is 2.17. The quantitative estimate of drug-likeness (QED) is 0.402. The van der Waals surface area contributed by atoms with Crippen LogP contribution in [0.5, 0.6) is 11.8 Å². The molecule has 11 heteroatoms. The molecule has 0 spiro atoms. The van der Waals surface area contributed by atoms with Gasteiger partial charge in [0.2, 0.25) is 5.88 Å². The normalized spacial score (nSPS) is 11.2. The number of methoxy groups -OCH3 is 1. The third-order valence-electron chi connectivity index (χ3n) is 3.43. The van der Waals surface area contributed by atoms with Crippen LogP contribution in [0.2, 0.25) is 5.02 Å². The van der Waals surface area contributed by atoms with Crippen LogP contribution in [0.4, 0.5) is 23.2 Å². The molecule has 5 nitrogen and oxygen atoms in total. The number of nitrogens with one attached hydrogen (secondary N) is 2. The number of aromatic nitrogens is 2. The number of pyridine rings is 1. The number of aromatic amines is 1. The average molecular weight is 422 g/mol. The molecule has 3 rings (SSSR count). The number of anilines is 1. The zero-order chi connectivity index (χ0) is 19.6. The Balaban J connectivity index is 1.81. The molecule has 0 aliphatic rings. The number of rotatable bonds is 7. The summed E-state index contributed by atoms with van der Waals surface area (Å²) in [6.07, 6.45) is -1.21. The minimum Gasteiger partial charge on any atom is -0.479 e. The Labute approximate surface area is 160 Å². The van der Waals surface area contributed by atoms with Crippen molar-refractivity contribution in [3.05, 3.63) is 41.1 Å². The monoisotopic (exact) mass is 421 g/mol. The molecule has 0 saturated heterocycles. The SMILES string of the molecule is COc1nc(OCC(F)F)c(F)cc1NSc1c[nH]c2c(F)c(Cl)ccc12. The zero-order valence-corrected chi connectivity index (χ0v) is 15.2. The molecular weight excluding hydrogens is 410 g/mol. The highest BCUT2D eigenvalue weighted by molar-refractivity contribution is 8.00. The van der Waals surface area contributed by atoms with Crippen molar-refractivity contribution in [2.24, 2.45) is 0 Å². The summed E-state index contributed by atoms with van der Waals surface area (Å²) in [6, 6.07) is 4.07. The molecule has 0 amide bonds. The highest BCUT2D eigenvalue weighted by Crippen LogP contribution is 2.35. The van der Waals surface area contributed by atoms with Crippen molar-refractivity contribution in [3.8, 4) is 11.8 Å².